The first-order valence-electron chi connectivity index (χ1n) is 10.4. The number of hydrogen-bond acceptors (Lipinski definition) is 6. The number of allylic oxidation sites excluding steroid dienone is 1. The first-order chi connectivity index (χ1) is 16.9. The smallest absolute Gasteiger partial charge is 0.269 e. The van der Waals surface area contributed by atoms with E-state index in [4.69, 9.17) is 11.6 Å². The topological polar surface area (TPSA) is 115 Å². The minimum absolute atomic E-state index is 0.0359. The molecule has 0 fully saturated rings. The average Bonchev–Trinajstić information content (AvgIpc) is 3.27. The van der Waals surface area contributed by atoms with Crippen LogP contribution in [0.3, 0.4) is 0 Å². The first-order valence-corrected chi connectivity index (χ1v) is 10.8. The molecule has 1 aliphatic heterocycles. The Kier molecular flexibility index (Phi) is 5.71. The molecule has 0 saturated carbocycles. The summed E-state index contributed by atoms with van der Waals surface area (Å²) in [5, 5.41) is 21.7. The Morgan fingerprint density at radius 1 is 1.06 bits per heavy atom. The number of aromatic nitrogens is 3. The summed E-state index contributed by atoms with van der Waals surface area (Å²) in [5.41, 5.74) is 2.45. The second-order valence-electron chi connectivity index (χ2n) is 7.67. The first kappa shape index (κ1) is 22.2. The molecule has 3 aromatic carbocycles. The third kappa shape index (κ3) is 4.59. The number of benzene rings is 3. The van der Waals surface area contributed by atoms with Gasteiger partial charge >= 0.3 is 0 Å². The average molecular weight is 491 g/mol. The number of hydrogen-bond donors (Lipinski definition) is 2. The number of rotatable bonds is 5. The zero-order chi connectivity index (χ0) is 24.5. The summed E-state index contributed by atoms with van der Waals surface area (Å²) in [7, 11) is 0. The molecule has 2 heterocycles. The van der Waals surface area contributed by atoms with Gasteiger partial charge in [-0.15, -0.1) is 5.10 Å². The Morgan fingerprint density at radius 2 is 1.74 bits per heavy atom. The molecule has 1 aliphatic rings. The summed E-state index contributed by atoms with van der Waals surface area (Å²) in [6, 6.07) is 18.0. The van der Waals surface area contributed by atoms with E-state index in [2.05, 4.69) is 20.7 Å². The van der Waals surface area contributed by atoms with Crippen LogP contribution >= 0.6 is 11.6 Å². The number of carbonyl (C=O) groups excluding carboxylic acids is 1. The minimum Gasteiger partial charge on any atom is -0.324 e. The van der Waals surface area contributed by atoms with Crippen LogP contribution in [-0.2, 0) is 0 Å². The molecule has 0 aliphatic carbocycles. The monoisotopic (exact) mass is 490 g/mol. The van der Waals surface area contributed by atoms with Crippen molar-refractivity contribution in [3.05, 3.63) is 117 Å². The maximum absolute atomic E-state index is 13.5. The minimum atomic E-state index is -0.542. The van der Waals surface area contributed by atoms with Crippen LogP contribution in [-0.4, -0.2) is 25.6 Å². The Balaban J connectivity index is 1.47. The van der Waals surface area contributed by atoms with Gasteiger partial charge in [-0.1, -0.05) is 35.9 Å². The molecular formula is C24H16ClFN6O3. The highest BCUT2D eigenvalue weighted by Crippen LogP contribution is 2.33. The highest BCUT2D eigenvalue weighted by molar-refractivity contribution is 6.30. The molecule has 0 radical (unpaired) electrons. The standard InChI is InChI=1S/C24H16ClFN6O3/c25-17-7-1-14(2-8-17)20-13-21(15-3-9-18(26)10-4-15)31-24(27-20)29-23(30-31)28-22(33)16-5-11-19(12-6-16)32(34)35/h1-13,21H,(H2,27,28,29,30,33)/t21-/m1/s1. The van der Waals surface area contributed by atoms with Crippen molar-refractivity contribution < 1.29 is 14.1 Å². The lowest BCUT2D eigenvalue weighted by Crippen LogP contribution is -2.20. The molecule has 0 saturated heterocycles. The lowest BCUT2D eigenvalue weighted by Gasteiger charge is -2.24. The van der Waals surface area contributed by atoms with Crippen molar-refractivity contribution in [3.8, 4) is 0 Å². The van der Waals surface area contributed by atoms with E-state index in [9.17, 15) is 19.3 Å². The van der Waals surface area contributed by atoms with Gasteiger partial charge in [-0.25, -0.2) is 9.07 Å². The number of nitrogens with zero attached hydrogens (tertiary/aromatic N) is 4. The number of fused-ring (bicyclic) bond motifs is 1. The number of amides is 1. The van der Waals surface area contributed by atoms with Gasteiger partial charge < -0.3 is 5.32 Å². The lowest BCUT2D eigenvalue weighted by atomic mass is 10.0. The van der Waals surface area contributed by atoms with Crippen LogP contribution in [0.15, 0.2) is 78.9 Å². The summed E-state index contributed by atoms with van der Waals surface area (Å²) in [6.45, 7) is 0. The number of nitrogens with one attached hydrogen (secondary N) is 2. The van der Waals surface area contributed by atoms with E-state index in [-0.39, 0.29) is 23.0 Å². The van der Waals surface area contributed by atoms with Crippen LogP contribution in [0.2, 0.25) is 5.02 Å². The van der Waals surface area contributed by atoms with Crippen LogP contribution in [0.5, 0.6) is 0 Å². The molecule has 35 heavy (non-hydrogen) atoms. The molecule has 4 aromatic rings. The van der Waals surface area contributed by atoms with Gasteiger partial charge in [0.05, 0.1) is 4.92 Å². The highest BCUT2D eigenvalue weighted by Gasteiger charge is 2.26. The quantitative estimate of drug-likeness (QED) is 0.290. The zero-order valence-corrected chi connectivity index (χ0v) is 18.6. The van der Waals surface area contributed by atoms with Crippen molar-refractivity contribution in [3.63, 3.8) is 0 Å². The van der Waals surface area contributed by atoms with Crippen molar-refractivity contribution >= 4 is 40.8 Å². The molecule has 174 valence electrons. The predicted molar refractivity (Wildman–Crippen MR) is 129 cm³/mol. The van der Waals surface area contributed by atoms with E-state index in [0.717, 1.165) is 16.8 Å². The molecule has 5 rings (SSSR count). The van der Waals surface area contributed by atoms with Crippen molar-refractivity contribution in [2.45, 2.75) is 6.04 Å². The van der Waals surface area contributed by atoms with E-state index in [1.54, 1.807) is 28.9 Å². The number of carbonyl (C=O) groups is 1. The Labute approximate surface area is 203 Å². The highest BCUT2D eigenvalue weighted by atomic mass is 35.5. The Morgan fingerprint density at radius 3 is 2.40 bits per heavy atom. The summed E-state index contributed by atoms with van der Waals surface area (Å²) in [5.74, 6) is -0.481. The Bertz CT molecular complexity index is 1450. The van der Waals surface area contributed by atoms with Crippen LogP contribution in [0.1, 0.15) is 27.5 Å². The molecule has 0 bridgehead atoms. The fourth-order valence-electron chi connectivity index (χ4n) is 3.65. The molecule has 1 aromatic heterocycles. The number of anilines is 2. The molecule has 1 amide bonds. The third-order valence-electron chi connectivity index (χ3n) is 5.40. The van der Waals surface area contributed by atoms with Gasteiger partial charge in [0, 0.05) is 28.4 Å². The van der Waals surface area contributed by atoms with Crippen molar-refractivity contribution in [1.29, 1.82) is 0 Å². The molecule has 0 unspecified atom stereocenters. The molecule has 11 heteroatoms. The molecule has 9 nitrogen and oxygen atoms in total. The number of nitro benzene ring substituents is 1. The maximum atomic E-state index is 13.5. The van der Waals surface area contributed by atoms with E-state index in [1.165, 1.54) is 36.4 Å². The third-order valence-corrected chi connectivity index (χ3v) is 5.65. The molecule has 1 atom stereocenters. The molecular weight excluding hydrogens is 475 g/mol. The number of non-ortho nitro benzene ring substituents is 1. The van der Waals surface area contributed by atoms with Crippen molar-refractivity contribution in [2.75, 3.05) is 10.6 Å². The zero-order valence-electron chi connectivity index (χ0n) is 17.9. The van der Waals surface area contributed by atoms with Gasteiger partial charge in [0.15, 0.2) is 0 Å². The molecule has 2 N–H and O–H groups in total. The van der Waals surface area contributed by atoms with Crippen molar-refractivity contribution in [1.82, 2.24) is 14.8 Å². The summed E-state index contributed by atoms with van der Waals surface area (Å²) >= 11 is 6.02. The second-order valence-corrected chi connectivity index (χ2v) is 8.11. The van der Waals surface area contributed by atoms with Crippen LogP contribution < -0.4 is 10.6 Å². The van der Waals surface area contributed by atoms with Crippen LogP contribution in [0.4, 0.5) is 22.0 Å². The van der Waals surface area contributed by atoms with Gasteiger partial charge in [0.2, 0.25) is 5.95 Å². The van der Waals surface area contributed by atoms with Gasteiger partial charge in [0.25, 0.3) is 17.5 Å². The summed E-state index contributed by atoms with van der Waals surface area (Å²) in [4.78, 5) is 27.4. The van der Waals surface area contributed by atoms with Gasteiger partial charge in [-0.05, 0) is 53.6 Å². The van der Waals surface area contributed by atoms with Crippen LogP contribution in [0.25, 0.3) is 5.70 Å². The predicted octanol–water partition coefficient (Wildman–Crippen LogP) is 5.29. The van der Waals surface area contributed by atoms with Crippen molar-refractivity contribution in [2.24, 2.45) is 0 Å². The summed E-state index contributed by atoms with van der Waals surface area (Å²) in [6.07, 6.45) is 1.92. The number of halogens is 2. The second kappa shape index (κ2) is 8.99. The van der Waals surface area contributed by atoms with E-state index >= 15 is 0 Å². The van der Waals surface area contributed by atoms with Gasteiger partial charge in [0.1, 0.15) is 11.9 Å². The van der Waals surface area contributed by atoms with Gasteiger partial charge in [-0.3, -0.25) is 20.2 Å². The lowest BCUT2D eigenvalue weighted by molar-refractivity contribution is -0.384. The molecule has 0 spiro atoms. The summed E-state index contributed by atoms with van der Waals surface area (Å²) < 4.78 is 15.1. The SMILES string of the molecule is O=C(Nc1nc2n(n1)[C@@H](c1ccc(F)cc1)C=C(c1ccc(Cl)cc1)N2)c1ccc([N+](=O)[O-])cc1. The van der Waals surface area contributed by atoms with E-state index < -0.39 is 16.9 Å². The Hall–Kier alpha value is -4.57. The van der Waals surface area contributed by atoms with Gasteiger partial charge in [-0.2, -0.15) is 4.98 Å². The maximum Gasteiger partial charge on any atom is 0.269 e. The number of nitro groups is 1. The van der Waals surface area contributed by atoms with E-state index in [0.29, 0.717) is 11.0 Å². The fraction of sp³-hybridized carbons (Fsp3) is 0.0417. The largest absolute Gasteiger partial charge is 0.324 e. The van der Waals surface area contributed by atoms with Crippen LogP contribution in [0, 0.1) is 15.9 Å². The normalized spacial score (nSPS) is 14.5. The van der Waals surface area contributed by atoms with E-state index in [1.807, 2.05) is 18.2 Å². The fourth-order valence-corrected chi connectivity index (χ4v) is 3.78.